The van der Waals surface area contributed by atoms with E-state index in [0.717, 1.165) is 38.9 Å². The fourth-order valence-corrected chi connectivity index (χ4v) is 3.76. The van der Waals surface area contributed by atoms with Gasteiger partial charge in [-0.25, -0.2) is 9.78 Å². The van der Waals surface area contributed by atoms with Crippen LogP contribution in [0, 0.1) is 0 Å². The van der Waals surface area contributed by atoms with E-state index in [9.17, 15) is 4.79 Å². The van der Waals surface area contributed by atoms with Gasteiger partial charge in [0.2, 0.25) is 0 Å². The van der Waals surface area contributed by atoms with Gasteiger partial charge in [0, 0.05) is 30.4 Å². The minimum atomic E-state index is -0.969. The molecule has 1 unspecified atom stereocenters. The summed E-state index contributed by atoms with van der Waals surface area (Å²) < 4.78 is 1.81. The monoisotopic (exact) mass is 320 g/mol. The lowest BCUT2D eigenvalue weighted by Crippen LogP contribution is -2.36. The van der Waals surface area contributed by atoms with Crippen LogP contribution in [0.3, 0.4) is 0 Å². The molecular weight excluding hydrogens is 300 g/mol. The predicted molar refractivity (Wildman–Crippen MR) is 84.2 cm³/mol. The minimum absolute atomic E-state index is 0.118. The highest BCUT2D eigenvalue weighted by atomic mass is 32.1. The number of carboxylic acids is 1. The van der Waals surface area contributed by atoms with Crippen molar-refractivity contribution in [2.45, 2.75) is 38.8 Å². The molecule has 1 atom stereocenters. The molecule has 1 aliphatic rings. The number of hydrogen-bond acceptors (Lipinski definition) is 5. The smallest absolute Gasteiger partial charge is 0.356 e. The van der Waals surface area contributed by atoms with Crippen molar-refractivity contribution in [1.29, 1.82) is 0 Å². The number of carboxylic acid groups (broad SMARTS) is 1. The molecule has 6 nitrogen and oxygen atoms in total. The minimum Gasteiger partial charge on any atom is -0.476 e. The van der Waals surface area contributed by atoms with Gasteiger partial charge in [-0.15, -0.1) is 11.3 Å². The number of carbonyl (C=O) groups is 1. The van der Waals surface area contributed by atoms with E-state index in [1.807, 2.05) is 6.20 Å². The average molecular weight is 320 g/mol. The number of likely N-dealkylation sites (tertiary alicyclic amines) is 1. The zero-order valence-corrected chi connectivity index (χ0v) is 13.4. The fraction of sp³-hybridized carbons (Fsp3) is 0.533. The molecular formula is C15H20N4O2S. The Morgan fingerprint density at radius 1 is 1.55 bits per heavy atom. The second kappa shape index (κ2) is 6.58. The predicted octanol–water partition coefficient (Wildman–Crippen LogP) is 2.44. The van der Waals surface area contributed by atoms with E-state index in [0.29, 0.717) is 0 Å². The summed E-state index contributed by atoms with van der Waals surface area (Å²) in [4.78, 5) is 19.1. The molecule has 3 heterocycles. The van der Waals surface area contributed by atoms with Crippen molar-refractivity contribution in [3.63, 3.8) is 0 Å². The van der Waals surface area contributed by atoms with E-state index in [1.54, 1.807) is 28.3 Å². The third-order valence-electron chi connectivity index (χ3n) is 3.97. The Labute approximate surface area is 133 Å². The molecule has 0 bridgehead atoms. The highest BCUT2D eigenvalue weighted by molar-refractivity contribution is 7.11. The van der Waals surface area contributed by atoms with Gasteiger partial charge in [0.25, 0.3) is 0 Å². The maximum Gasteiger partial charge on any atom is 0.356 e. The molecule has 1 N–H and O–H groups in total. The van der Waals surface area contributed by atoms with Gasteiger partial charge in [-0.05, 0) is 31.9 Å². The van der Waals surface area contributed by atoms with Crippen LogP contribution in [0.1, 0.15) is 46.2 Å². The van der Waals surface area contributed by atoms with Crippen molar-refractivity contribution in [3.05, 3.63) is 34.0 Å². The molecule has 0 saturated carbocycles. The van der Waals surface area contributed by atoms with E-state index in [1.165, 1.54) is 9.88 Å². The summed E-state index contributed by atoms with van der Waals surface area (Å²) >= 11 is 1.78. The summed E-state index contributed by atoms with van der Waals surface area (Å²) in [5.41, 5.74) is 0.118. The van der Waals surface area contributed by atoms with Crippen LogP contribution in [-0.2, 0) is 13.0 Å². The van der Waals surface area contributed by atoms with E-state index < -0.39 is 5.97 Å². The zero-order valence-electron chi connectivity index (χ0n) is 12.6. The quantitative estimate of drug-likeness (QED) is 0.916. The van der Waals surface area contributed by atoms with Crippen LogP contribution in [0.5, 0.6) is 0 Å². The molecule has 22 heavy (non-hydrogen) atoms. The molecule has 0 radical (unpaired) electrons. The third kappa shape index (κ3) is 3.36. The van der Waals surface area contributed by atoms with Gasteiger partial charge in [-0.3, -0.25) is 9.58 Å². The van der Waals surface area contributed by atoms with Crippen LogP contribution < -0.4 is 0 Å². The standard InChI is InChI=1S/C15H20N4O2S/c1-2-14-16-8-12(22-14)10-18-6-3-4-11(9-18)19-7-5-13(17-19)15(20)21/h5,7-8,11H,2-4,6,9-10H2,1H3,(H,20,21). The molecule has 2 aromatic heterocycles. The maximum atomic E-state index is 10.9. The molecule has 118 valence electrons. The van der Waals surface area contributed by atoms with Gasteiger partial charge < -0.3 is 5.11 Å². The molecule has 0 aromatic carbocycles. The van der Waals surface area contributed by atoms with Crippen LogP contribution >= 0.6 is 11.3 Å². The van der Waals surface area contributed by atoms with Crippen molar-refractivity contribution >= 4 is 17.3 Å². The molecule has 7 heteroatoms. The second-order valence-corrected chi connectivity index (χ2v) is 6.79. The molecule has 1 saturated heterocycles. The van der Waals surface area contributed by atoms with E-state index in [4.69, 9.17) is 5.11 Å². The number of hydrogen-bond donors (Lipinski definition) is 1. The normalized spacial score (nSPS) is 19.4. The van der Waals surface area contributed by atoms with Crippen LogP contribution in [-0.4, -0.2) is 43.8 Å². The van der Waals surface area contributed by atoms with Crippen LogP contribution in [0.25, 0.3) is 0 Å². The fourth-order valence-electron chi connectivity index (χ4n) is 2.85. The van der Waals surface area contributed by atoms with Gasteiger partial charge in [-0.2, -0.15) is 5.10 Å². The first kappa shape index (κ1) is 15.2. The number of aromatic carboxylic acids is 1. The Bertz CT molecular complexity index is 652. The summed E-state index contributed by atoms with van der Waals surface area (Å²) in [5.74, 6) is -0.969. The Morgan fingerprint density at radius 3 is 3.09 bits per heavy atom. The van der Waals surface area contributed by atoms with Crippen molar-refractivity contribution in [1.82, 2.24) is 19.7 Å². The first-order chi connectivity index (χ1) is 10.7. The first-order valence-electron chi connectivity index (χ1n) is 7.60. The third-order valence-corrected chi connectivity index (χ3v) is 5.09. The average Bonchev–Trinajstić information content (AvgIpc) is 3.16. The Kier molecular flexibility index (Phi) is 4.54. The van der Waals surface area contributed by atoms with Crippen LogP contribution in [0.2, 0.25) is 0 Å². The van der Waals surface area contributed by atoms with E-state index in [2.05, 4.69) is 21.9 Å². The second-order valence-electron chi connectivity index (χ2n) is 5.59. The number of aryl methyl sites for hydroxylation is 1. The molecule has 2 aromatic rings. The van der Waals surface area contributed by atoms with E-state index >= 15 is 0 Å². The molecule has 0 amide bonds. The van der Waals surface area contributed by atoms with Crippen molar-refractivity contribution < 1.29 is 9.90 Å². The Hall–Kier alpha value is -1.73. The van der Waals surface area contributed by atoms with Gasteiger partial charge >= 0.3 is 5.97 Å². The summed E-state index contributed by atoms with van der Waals surface area (Å²) in [7, 11) is 0. The topological polar surface area (TPSA) is 71.2 Å². The van der Waals surface area contributed by atoms with Crippen molar-refractivity contribution in [2.24, 2.45) is 0 Å². The van der Waals surface area contributed by atoms with Crippen LogP contribution in [0.15, 0.2) is 18.5 Å². The highest BCUT2D eigenvalue weighted by Crippen LogP contribution is 2.24. The zero-order chi connectivity index (χ0) is 15.5. The Balaban J connectivity index is 1.64. The number of thiazole rings is 1. The summed E-state index contributed by atoms with van der Waals surface area (Å²) in [6.07, 6.45) is 6.88. The molecule has 1 aliphatic heterocycles. The van der Waals surface area contributed by atoms with Crippen molar-refractivity contribution in [2.75, 3.05) is 13.1 Å². The SMILES string of the molecule is CCc1ncc(CN2CCCC(n3ccc(C(=O)O)n3)C2)s1. The van der Waals surface area contributed by atoms with Gasteiger partial charge in [0.1, 0.15) is 0 Å². The lowest BCUT2D eigenvalue weighted by atomic mass is 10.1. The van der Waals surface area contributed by atoms with Gasteiger partial charge in [0.15, 0.2) is 5.69 Å². The van der Waals surface area contributed by atoms with Gasteiger partial charge in [0.05, 0.1) is 11.0 Å². The van der Waals surface area contributed by atoms with Crippen LogP contribution in [0.4, 0.5) is 0 Å². The highest BCUT2D eigenvalue weighted by Gasteiger charge is 2.23. The number of aromatic nitrogens is 3. The number of piperidine rings is 1. The number of nitrogens with zero attached hydrogens (tertiary/aromatic N) is 4. The summed E-state index contributed by atoms with van der Waals surface area (Å²) in [5, 5.41) is 14.3. The molecule has 0 spiro atoms. The largest absolute Gasteiger partial charge is 0.476 e. The first-order valence-corrected chi connectivity index (χ1v) is 8.41. The number of rotatable bonds is 5. The van der Waals surface area contributed by atoms with E-state index in [-0.39, 0.29) is 11.7 Å². The Morgan fingerprint density at radius 2 is 2.41 bits per heavy atom. The lowest BCUT2D eigenvalue weighted by molar-refractivity contribution is 0.0688. The van der Waals surface area contributed by atoms with Gasteiger partial charge in [-0.1, -0.05) is 6.92 Å². The molecule has 3 rings (SSSR count). The lowest BCUT2D eigenvalue weighted by Gasteiger charge is -2.32. The molecule has 1 fully saturated rings. The summed E-state index contributed by atoms with van der Waals surface area (Å²) in [6.45, 7) is 5.02. The maximum absolute atomic E-state index is 10.9. The molecule has 0 aliphatic carbocycles. The summed E-state index contributed by atoms with van der Waals surface area (Å²) in [6, 6.07) is 1.82. The van der Waals surface area contributed by atoms with Crippen molar-refractivity contribution in [3.8, 4) is 0 Å².